The molecular weight excluding hydrogens is 335 g/mol. The number of halogens is 4. The summed E-state index contributed by atoms with van der Waals surface area (Å²) in [6, 6.07) is 6.34. The van der Waals surface area contributed by atoms with E-state index in [9.17, 15) is 13.2 Å². The average Bonchev–Trinajstić information content (AvgIpc) is 2.33. The normalized spacial score (nSPS) is 11.4. The van der Waals surface area contributed by atoms with Gasteiger partial charge in [-0.1, -0.05) is 6.07 Å². The van der Waals surface area contributed by atoms with Crippen molar-refractivity contribution in [3.05, 3.63) is 46.2 Å². The Morgan fingerprint density at radius 2 is 1.90 bits per heavy atom. The van der Waals surface area contributed by atoms with Gasteiger partial charge in [-0.2, -0.15) is 13.2 Å². The molecule has 0 saturated carbocycles. The number of nitrogen functional groups attached to an aromatic ring is 1. The summed E-state index contributed by atoms with van der Waals surface area (Å²) in [6.45, 7) is 1.91. The summed E-state index contributed by atoms with van der Waals surface area (Å²) in [4.78, 5) is 3.29. The number of nitrogens with zero attached hydrogens (tertiary/aromatic N) is 1. The Labute approximate surface area is 122 Å². The van der Waals surface area contributed by atoms with Gasteiger partial charge < -0.3 is 11.1 Å². The monoisotopic (exact) mass is 345 g/mol. The summed E-state index contributed by atoms with van der Waals surface area (Å²) in [5.41, 5.74) is 6.63. The maximum Gasteiger partial charge on any atom is 0.433 e. The van der Waals surface area contributed by atoms with E-state index in [1.807, 2.05) is 19.1 Å². The number of pyridine rings is 1. The molecule has 1 heterocycles. The Bertz CT molecular complexity index is 641. The molecule has 0 fully saturated rings. The van der Waals surface area contributed by atoms with Crippen molar-refractivity contribution in [2.24, 2.45) is 0 Å². The van der Waals surface area contributed by atoms with Crippen molar-refractivity contribution in [2.75, 3.05) is 11.1 Å². The fourth-order valence-electron chi connectivity index (χ4n) is 1.60. The molecule has 106 valence electrons. The lowest BCUT2D eigenvalue weighted by atomic mass is 10.2. The lowest BCUT2D eigenvalue weighted by molar-refractivity contribution is -0.141. The van der Waals surface area contributed by atoms with Gasteiger partial charge in [0.05, 0.1) is 23.3 Å². The van der Waals surface area contributed by atoms with Crippen molar-refractivity contribution < 1.29 is 13.2 Å². The van der Waals surface area contributed by atoms with Crippen LogP contribution in [0.3, 0.4) is 0 Å². The molecule has 0 aliphatic heterocycles. The van der Waals surface area contributed by atoms with Crippen molar-refractivity contribution in [1.29, 1.82) is 0 Å². The number of nitrogens with one attached hydrogen (secondary N) is 1. The molecule has 0 bridgehead atoms. The van der Waals surface area contributed by atoms with Crippen molar-refractivity contribution in [2.45, 2.75) is 13.1 Å². The molecule has 2 aromatic rings. The molecule has 3 N–H and O–H groups in total. The van der Waals surface area contributed by atoms with E-state index in [2.05, 4.69) is 26.2 Å². The van der Waals surface area contributed by atoms with Gasteiger partial charge >= 0.3 is 6.18 Å². The van der Waals surface area contributed by atoms with E-state index in [0.29, 0.717) is 5.69 Å². The molecule has 2 rings (SSSR count). The van der Waals surface area contributed by atoms with E-state index in [-0.39, 0.29) is 11.4 Å². The summed E-state index contributed by atoms with van der Waals surface area (Å²) in [7, 11) is 0. The smallest absolute Gasteiger partial charge is 0.396 e. The second kappa shape index (κ2) is 5.32. The molecule has 20 heavy (non-hydrogen) atoms. The number of aryl methyl sites for hydroxylation is 1. The summed E-state index contributed by atoms with van der Waals surface area (Å²) < 4.78 is 38.6. The summed E-state index contributed by atoms with van der Waals surface area (Å²) in [5.74, 6) is 0. The number of hydrogen-bond acceptors (Lipinski definition) is 3. The van der Waals surface area contributed by atoms with Crippen LogP contribution in [0.4, 0.5) is 30.2 Å². The molecule has 0 spiro atoms. The molecule has 3 nitrogen and oxygen atoms in total. The van der Waals surface area contributed by atoms with Gasteiger partial charge in [-0.05, 0) is 46.6 Å². The zero-order chi connectivity index (χ0) is 14.9. The zero-order valence-electron chi connectivity index (χ0n) is 10.4. The second-order valence-corrected chi connectivity index (χ2v) is 5.12. The predicted molar refractivity (Wildman–Crippen MR) is 75.8 cm³/mol. The van der Waals surface area contributed by atoms with E-state index in [1.165, 1.54) is 0 Å². The molecule has 0 saturated heterocycles. The van der Waals surface area contributed by atoms with Crippen molar-refractivity contribution in [3.63, 3.8) is 0 Å². The number of hydrogen-bond donors (Lipinski definition) is 2. The highest BCUT2D eigenvalue weighted by atomic mass is 79.9. The highest BCUT2D eigenvalue weighted by Gasteiger charge is 2.33. The topological polar surface area (TPSA) is 50.9 Å². The molecule has 0 amide bonds. The maximum atomic E-state index is 12.6. The largest absolute Gasteiger partial charge is 0.433 e. The molecule has 0 atom stereocenters. The minimum absolute atomic E-state index is 0.144. The Morgan fingerprint density at radius 3 is 2.50 bits per heavy atom. The highest BCUT2D eigenvalue weighted by Crippen LogP contribution is 2.34. The summed E-state index contributed by atoms with van der Waals surface area (Å²) in [5, 5.41) is 2.87. The number of alkyl halides is 3. The van der Waals surface area contributed by atoms with Gasteiger partial charge in [0, 0.05) is 4.47 Å². The zero-order valence-corrected chi connectivity index (χ0v) is 12.0. The van der Waals surface area contributed by atoms with E-state index in [0.717, 1.165) is 22.3 Å². The van der Waals surface area contributed by atoms with Gasteiger partial charge in [-0.3, -0.25) is 0 Å². The second-order valence-electron chi connectivity index (χ2n) is 4.26. The molecule has 0 unspecified atom stereocenters. The van der Waals surface area contributed by atoms with E-state index < -0.39 is 11.9 Å². The van der Waals surface area contributed by atoms with Crippen LogP contribution in [0.15, 0.2) is 34.9 Å². The third kappa shape index (κ3) is 3.22. The third-order valence-electron chi connectivity index (χ3n) is 2.62. The first-order valence-corrected chi connectivity index (χ1v) is 6.42. The summed E-state index contributed by atoms with van der Waals surface area (Å²) >= 11 is 3.35. The van der Waals surface area contributed by atoms with Crippen LogP contribution in [0.2, 0.25) is 0 Å². The van der Waals surface area contributed by atoms with E-state index >= 15 is 0 Å². The third-order valence-corrected chi connectivity index (χ3v) is 3.28. The first-order chi connectivity index (χ1) is 9.27. The van der Waals surface area contributed by atoms with Crippen LogP contribution in [-0.2, 0) is 6.18 Å². The van der Waals surface area contributed by atoms with Crippen LogP contribution in [0.25, 0.3) is 0 Å². The highest BCUT2D eigenvalue weighted by molar-refractivity contribution is 9.10. The fourth-order valence-corrected chi connectivity index (χ4v) is 2.19. The van der Waals surface area contributed by atoms with Gasteiger partial charge in [0.1, 0.15) is 5.69 Å². The van der Waals surface area contributed by atoms with Crippen molar-refractivity contribution >= 4 is 33.0 Å². The minimum atomic E-state index is -4.51. The predicted octanol–water partition coefficient (Wildman–Crippen LogP) is 4.50. The van der Waals surface area contributed by atoms with Gasteiger partial charge in [0.15, 0.2) is 0 Å². The maximum absolute atomic E-state index is 12.6. The Hall–Kier alpha value is -1.76. The standard InChI is InChI=1S/C13H11BrF3N3/c1-7-2-3-10(8(14)4-7)20-11-5-12(13(15,16)17)19-6-9(11)18/h2-6H,18H2,1H3,(H,19,20). The number of aromatic nitrogens is 1. The van der Waals surface area contributed by atoms with Crippen LogP contribution in [-0.4, -0.2) is 4.98 Å². The lowest BCUT2D eigenvalue weighted by Gasteiger charge is -2.13. The Balaban J connectivity index is 2.38. The van der Waals surface area contributed by atoms with Crippen LogP contribution < -0.4 is 11.1 Å². The SMILES string of the molecule is Cc1ccc(Nc2cc(C(F)(F)F)ncc2N)c(Br)c1. The fraction of sp³-hybridized carbons (Fsp3) is 0.154. The van der Waals surface area contributed by atoms with Crippen molar-refractivity contribution in [3.8, 4) is 0 Å². The number of benzene rings is 1. The molecule has 0 aliphatic rings. The van der Waals surface area contributed by atoms with E-state index in [4.69, 9.17) is 5.73 Å². The molecule has 0 radical (unpaired) electrons. The van der Waals surface area contributed by atoms with Gasteiger partial charge in [0.2, 0.25) is 0 Å². The van der Waals surface area contributed by atoms with Gasteiger partial charge in [-0.25, -0.2) is 4.98 Å². The minimum Gasteiger partial charge on any atom is -0.396 e. The number of nitrogens with two attached hydrogens (primary N) is 1. The van der Waals surface area contributed by atoms with Crippen LogP contribution >= 0.6 is 15.9 Å². The number of anilines is 3. The van der Waals surface area contributed by atoms with Gasteiger partial charge in [-0.15, -0.1) is 0 Å². The molecule has 0 aliphatic carbocycles. The Morgan fingerprint density at radius 1 is 1.20 bits per heavy atom. The van der Waals surface area contributed by atoms with Crippen LogP contribution in [0.1, 0.15) is 11.3 Å². The van der Waals surface area contributed by atoms with Crippen LogP contribution in [0, 0.1) is 6.92 Å². The molecule has 1 aromatic heterocycles. The molecule has 1 aromatic carbocycles. The number of rotatable bonds is 2. The van der Waals surface area contributed by atoms with Gasteiger partial charge in [0.25, 0.3) is 0 Å². The lowest BCUT2D eigenvalue weighted by Crippen LogP contribution is -2.09. The summed E-state index contributed by atoms with van der Waals surface area (Å²) in [6.07, 6.45) is -3.51. The molecular formula is C13H11BrF3N3. The van der Waals surface area contributed by atoms with Crippen LogP contribution in [0.5, 0.6) is 0 Å². The van der Waals surface area contributed by atoms with E-state index in [1.54, 1.807) is 6.07 Å². The van der Waals surface area contributed by atoms with Crippen molar-refractivity contribution in [1.82, 2.24) is 4.98 Å². The quantitative estimate of drug-likeness (QED) is 0.842. The first kappa shape index (κ1) is 14.6. The Kier molecular flexibility index (Phi) is 3.89. The molecule has 7 heteroatoms. The first-order valence-electron chi connectivity index (χ1n) is 5.63. The average molecular weight is 346 g/mol.